The first kappa shape index (κ1) is 17.0. The first-order valence-electron chi connectivity index (χ1n) is 6.67. The van der Waals surface area contributed by atoms with Gasteiger partial charge in [0.1, 0.15) is 5.82 Å². The lowest BCUT2D eigenvalue weighted by atomic mass is 10.2. The van der Waals surface area contributed by atoms with Crippen LogP contribution in [0.1, 0.15) is 11.1 Å². The summed E-state index contributed by atoms with van der Waals surface area (Å²) < 4.78 is 39.0. The fourth-order valence-corrected chi connectivity index (χ4v) is 3.24. The average molecular weight is 338 g/mol. The second kappa shape index (κ2) is 6.43. The maximum atomic E-state index is 12.9. The Kier molecular flexibility index (Phi) is 4.76. The normalized spacial score (nSPS) is 11.7. The second-order valence-electron chi connectivity index (χ2n) is 5.09. The van der Waals surface area contributed by atoms with Crippen LogP contribution in [-0.2, 0) is 16.6 Å². The maximum Gasteiger partial charge on any atom is 0.273 e. The lowest BCUT2D eigenvalue weighted by Crippen LogP contribution is -2.26. The van der Waals surface area contributed by atoms with Crippen molar-refractivity contribution in [2.24, 2.45) is 0 Å². The van der Waals surface area contributed by atoms with Gasteiger partial charge >= 0.3 is 0 Å². The average Bonchev–Trinajstić information content (AvgIpc) is 2.49. The van der Waals surface area contributed by atoms with Gasteiger partial charge in [-0.05, 0) is 30.7 Å². The predicted molar refractivity (Wildman–Crippen MR) is 82.9 cm³/mol. The van der Waals surface area contributed by atoms with E-state index < -0.39 is 20.8 Å². The van der Waals surface area contributed by atoms with E-state index in [0.717, 1.165) is 10.4 Å². The number of rotatable bonds is 5. The molecule has 0 aliphatic heterocycles. The molecule has 0 bridgehead atoms. The second-order valence-corrected chi connectivity index (χ2v) is 7.14. The molecule has 6 nitrogen and oxygen atoms in total. The number of nitrogens with zero attached hydrogens (tertiary/aromatic N) is 2. The summed E-state index contributed by atoms with van der Waals surface area (Å²) in [6, 6.07) is 9.23. The van der Waals surface area contributed by atoms with E-state index in [9.17, 15) is 22.9 Å². The zero-order valence-electron chi connectivity index (χ0n) is 12.6. The van der Waals surface area contributed by atoms with Gasteiger partial charge in [-0.25, -0.2) is 12.8 Å². The molecular weight excluding hydrogens is 323 g/mol. The Morgan fingerprint density at radius 2 is 1.78 bits per heavy atom. The third-order valence-corrected chi connectivity index (χ3v) is 5.20. The number of halogens is 1. The molecule has 0 atom stereocenters. The lowest BCUT2D eigenvalue weighted by molar-refractivity contribution is -0.385. The topological polar surface area (TPSA) is 80.5 Å². The van der Waals surface area contributed by atoms with Gasteiger partial charge in [-0.2, -0.15) is 4.31 Å². The van der Waals surface area contributed by atoms with E-state index in [1.165, 1.54) is 50.4 Å². The summed E-state index contributed by atoms with van der Waals surface area (Å²) >= 11 is 0. The summed E-state index contributed by atoms with van der Waals surface area (Å²) in [5.41, 5.74) is 0.746. The van der Waals surface area contributed by atoms with Crippen LogP contribution in [0.25, 0.3) is 0 Å². The summed E-state index contributed by atoms with van der Waals surface area (Å²) in [6.07, 6.45) is 0. The van der Waals surface area contributed by atoms with Crippen molar-refractivity contribution >= 4 is 15.7 Å². The Morgan fingerprint density at radius 3 is 2.35 bits per heavy atom. The van der Waals surface area contributed by atoms with E-state index >= 15 is 0 Å². The summed E-state index contributed by atoms with van der Waals surface area (Å²) in [4.78, 5) is 10.2. The number of aryl methyl sites for hydroxylation is 1. The fraction of sp³-hybridized carbons (Fsp3) is 0.200. The number of benzene rings is 2. The number of sulfonamides is 1. The van der Waals surface area contributed by atoms with Gasteiger partial charge in [0.2, 0.25) is 10.0 Å². The van der Waals surface area contributed by atoms with Crippen LogP contribution in [0.3, 0.4) is 0 Å². The molecule has 0 heterocycles. The fourth-order valence-electron chi connectivity index (χ4n) is 2.06. The van der Waals surface area contributed by atoms with Crippen molar-refractivity contribution in [1.82, 2.24) is 4.31 Å². The van der Waals surface area contributed by atoms with Gasteiger partial charge in [0.05, 0.1) is 9.82 Å². The summed E-state index contributed by atoms with van der Waals surface area (Å²) in [7, 11) is -2.52. The highest BCUT2D eigenvalue weighted by atomic mass is 32.2. The van der Waals surface area contributed by atoms with Crippen LogP contribution >= 0.6 is 0 Å². The molecule has 0 aliphatic carbocycles. The van der Waals surface area contributed by atoms with Crippen molar-refractivity contribution in [3.8, 4) is 0 Å². The first-order chi connectivity index (χ1) is 10.7. The van der Waals surface area contributed by atoms with E-state index in [1.807, 2.05) is 0 Å². The van der Waals surface area contributed by atoms with Crippen LogP contribution in [0.15, 0.2) is 47.4 Å². The van der Waals surface area contributed by atoms with Crippen LogP contribution in [0, 0.1) is 22.9 Å². The van der Waals surface area contributed by atoms with Crippen LogP contribution in [0.2, 0.25) is 0 Å². The molecule has 122 valence electrons. The van der Waals surface area contributed by atoms with Gasteiger partial charge in [0.25, 0.3) is 5.69 Å². The van der Waals surface area contributed by atoms with E-state index in [0.29, 0.717) is 11.1 Å². The smallest absolute Gasteiger partial charge is 0.258 e. The quantitative estimate of drug-likeness (QED) is 0.620. The molecular formula is C15H15FN2O4S. The van der Waals surface area contributed by atoms with Crippen LogP contribution in [0.5, 0.6) is 0 Å². The standard InChI is InChI=1S/C15H15FN2O4S/c1-11-3-8-14(9-15(11)18(19)20)23(21,22)17(2)10-12-4-6-13(16)7-5-12/h3-9H,10H2,1-2H3. The van der Waals surface area contributed by atoms with Gasteiger partial charge in [-0.3, -0.25) is 10.1 Å². The summed E-state index contributed by atoms with van der Waals surface area (Å²) in [5, 5.41) is 11.0. The minimum Gasteiger partial charge on any atom is -0.258 e. The largest absolute Gasteiger partial charge is 0.273 e. The number of hydrogen-bond acceptors (Lipinski definition) is 4. The third kappa shape index (κ3) is 3.72. The molecule has 0 amide bonds. The molecule has 0 N–H and O–H groups in total. The van der Waals surface area contributed by atoms with E-state index in [1.54, 1.807) is 0 Å². The van der Waals surface area contributed by atoms with Gasteiger partial charge in [0.15, 0.2) is 0 Å². The van der Waals surface area contributed by atoms with Gasteiger partial charge in [-0.15, -0.1) is 0 Å². The van der Waals surface area contributed by atoms with Crippen LogP contribution < -0.4 is 0 Å². The van der Waals surface area contributed by atoms with Gasteiger partial charge in [0, 0.05) is 25.2 Å². The Hall–Kier alpha value is -2.32. The highest BCUT2D eigenvalue weighted by molar-refractivity contribution is 7.89. The van der Waals surface area contributed by atoms with Crippen molar-refractivity contribution in [1.29, 1.82) is 0 Å². The molecule has 0 radical (unpaired) electrons. The van der Waals surface area contributed by atoms with E-state index in [4.69, 9.17) is 0 Å². The molecule has 0 unspecified atom stereocenters. The number of nitro groups is 1. The highest BCUT2D eigenvalue weighted by Gasteiger charge is 2.24. The van der Waals surface area contributed by atoms with Crippen LogP contribution in [-0.4, -0.2) is 24.7 Å². The van der Waals surface area contributed by atoms with Crippen molar-refractivity contribution in [2.75, 3.05) is 7.05 Å². The van der Waals surface area contributed by atoms with Crippen LogP contribution in [0.4, 0.5) is 10.1 Å². The number of nitro benzene ring substituents is 1. The minimum absolute atomic E-state index is 0.0320. The van der Waals surface area contributed by atoms with E-state index in [2.05, 4.69) is 0 Å². The molecule has 8 heteroatoms. The first-order valence-corrected chi connectivity index (χ1v) is 8.11. The van der Waals surface area contributed by atoms with E-state index in [-0.39, 0.29) is 17.1 Å². The van der Waals surface area contributed by atoms with Gasteiger partial charge < -0.3 is 0 Å². The molecule has 2 rings (SSSR count). The third-order valence-electron chi connectivity index (χ3n) is 3.40. The van der Waals surface area contributed by atoms with Crippen molar-refractivity contribution in [3.05, 3.63) is 69.5 Å². The molecule has 0 spiro atoms. The molecule has 2 aromatic rings. The molecule has 0 aliphatic rings. The Balaban J connectivity index is 2.32. The Bertz CT molecular complexity index is 835. The maximum absolute atomic E-state index is 12.9. The summed E-state index contributed by atoms with van der Waals surface area (Å²) in [6.45, 7) is 1.57. The van der Waals surface area contributed by atoms with Crippen molar-refractivity contribution < 1.29 is 17.7 Å². The Labute approximate surface area is 133 Å². The monoisotopic (exact) mass is 338 g/mol. The predicted octanol–water partition coefficient (Wildman–Crippen LogP) is 2.86. The van der Waals surface area contributed by atoms with Gasteiger partial charge in [-0.1, -0.05) is 18.2 Å². The molecule has 2 aromatic carbocycles. The highest BCUT2D eigenvalue weighted by Crippen LogP contribution is 2.24. The SMILES string of the molecule is Cc1ccc(S(=O)(=O)N(C)Cc2ccc(F)cc2)cc1[N+](=O)[O-]. The van der Waals surface area contributed by atoms with Crippen molar-refractivity contribution in [2.45, 2.75) is 18.4 Å². The molecule has 0 saturated carbocycles. The summed E-state index contributed by atoms with van der Waals surface area (Å²) in [5.74, 6) is -0.409. The zero-order chi connectivity index (χ0) is 17.2. The zero-order valence-corrected chi connectivity index (χ0v) is 13.4. The minimum atomic E-state index is -3.88. The lowest BCUT2D eigenvalue weighted by Gasteiger charge is -2.17. The molecule has 0 saturated heterocycles. The molecule has 0 aromatic heterocycles. The Morgan fingerprint density at radius 1 is 1.17 bits per heavy atom. The number of hydrogen-bond donors (Lipinski definition) is 0. The molecule has 23 heavy (non-hydrogen) atoms. The molecule has 0 fully saturated rings. The van der Waals surface area contributed by atoms with Crippen molar-refractivity contribution in [3.63, 3.8) is 0 Å².